The molecule has 0 bridgehead atoms. The van der Waals surface area contributed by atoms with E-state index in [1.165, 1.54) is 0 Å². The number of nitrogens with one attached hydrogen (secondary N) is 1. The minimum Gasteiger partial charge on any atom is -0.348 e. The van der Waals surface area contributed by atoms with Gasteiger partial charge in [-0.15, -0.1) is 0 Å². The number of amides is 1. The molecule has 0 aromatic heterocycles. The van der Waals surface area contributed by atoms with Crippen LogP contribution < -0.4 is 5.32 Å². The molecule has 1 atom stereocenters. The first-order valence-corrected chi connectivity index (χ1v) is 4.19. The van der Waals surface area contributed by atoms with E-state index in [-0.39, 0.29) is 11.4 Å². The van der Waals surface area contributed by atoms with Gasteiger partial charge in [0.2, 0.25) is 5.91 Å². The summed E-state index contributed by atoms with van der Waals surface area (Å²) in [6.07, 6.45) is 0. The van der Waals surface area contributed by atoms with Crippen molar-refractivity contribution in [2.45, 2.75) is 33.2 Å². The second kappa shape index (κ2) is 4.08. The number of hydrogen-bond acceptors (Lipinski definition) is 2. The molecule has 3 heteroatoms. The van der Waals surface area contributed by atoms with Crippen molar-refractivity contribution in [3.05, 3.63) is 12.2 Å². The van der Waals surface area contributed by atoms with Crippen molar-refractivity contribution in [3.63, 3.8) is 0 Å². The monoisotopic (exact) mass is 180 g/mol. The number of carbonyl (C=O) groups is 1. The van der Waals surface area contributed by atoms with Crippen LogP contribution in [0.5, 0.6) is 0 Å². The number of nitrogens with zero attached hydrogens (tertiary/aromatic N) is 1. The molecule has 0 heterocycles. The molecule has 0 spiro atoms. The van der Waals surface area contributed by atoms with Gasteiger partial charge in [0, 0.05) is 11.1 Å². The summed E-state index contributed by atoms with van der Waals surface area (Å²) in [5.41, 5.74) is 0.0345. The fourth-order valence-electron chi connectivity index (χ4n) is 0.695. The SMILES string of the molecule is C=C(C(=O)NC(C)(C)C)C(C)C#N. The summed E-state index contributed by atoms with van der Waals surface area (Å²) in [5.74, 6) is -0.677. The molecule has 0 rings (SSSR count). The summed E-state index contributed by atoms with van der Waals surface area (Å²) in [6, 6.07) is 1.97. The van der Waals surface area contributed by atoms with Crippen LogP contribution in [0.3, 0.4) is 0 Å². The first kappa shape index (κ1) is 11.7. The lowest BCUT2D eigenvalue weighted by Gasteiger charge is -2.21. The molecule has 0 saturated heterocycles. The van der Waals surface area contributed by atoms with Gasteiger partial charge < -0.3 is 5.32 Å². The molecule has 0 aliphatic heterocycles. The van der Waals surface area contributed by atoms with Crippen molar-refractivity contribution in [2.24, 2.45) is 5.92 Å². The van der Waals surface area contributed by atoms with Crippen LogP contribution in [0.25, 0.3) is 0 Å². The standard InChI is InChI=1S/C10H16N2O/c1-7(6-11)8(2)9(13)12-10(3,4)5/h7H,2H2,1,3-5H3,(H,12,13). The maximum absolute atomic E-state index is 11.4. The lowest BCUT2D eigenvalue weighted by molar-refractivity contribution is -0.119. The molecule has 0 aromatic rings. The topological polar surface area (TPSA) is 52.9 Å². The zero-order chi connectivity index (χ0) is 10.6. The maximum Gasteiger partial charge on any atom is 0.248 e. The number of rotatable bonds is 2. The number of carbonyl (C=O) groups excluding carboxylic acids is 1. The molecule has 3 nitrogen and oxygen atoms in total. The fourth-order valence-corrected chi connectivity index (χ4v) is 0.695. The summed E-state index contributed by atoms with van der Waals surface area (Å²) < 4.78 is 0. The average molecular weight is 180 g/mol. The van der Waals surface area contributed by atoms with Gasteiger partial charge in [-0.05, 0) is 27.7 Å². The van der Waals surface area contributed by atoms with Gasteiger partial charge in [-0.2, -0.15) is 5.26 Å². The first-order valence-electron chi connectivity index (χ1n) is 4.19. The van der Waals surface area contributed by atoms with Crippen molar-refractivity contribution in [1.82, 2.24) is 5.32 Å². The van der Waals surface area contributed by atoms with Gasteiger partial charge in [-0.1, -0.05) is 6.58 Å². The van der Waals surface area contributed by atoms with E-state index in [2.05, 4.69) is 11.9 Å². The van der Waals surface area contributed by atoms with E-state index in [4.69, 9.17) is 5.26 Å². The zero-order valence-electron chi connectivity index (χ0n) is 8.64. The van der Waals surface area contributed by atoms with E-state index in [1.807, 2.05) is 26.8 Å². The Morgan fingerprint density at radius 3 is 2.31 bits per heavy atom. The van der Waals surface area contributed by atoms with Crippen LogP contribution in [-0.2, 0) is 4.79 Å². The van der Waals surface area contributed by atoms with Crippen LogP contribution in [-0.4, -0.2) is 11.4 Å². The second-order valence-corrected chi connectivity index (χ2v) is 4.08. The van der Waals surface area contributed by atoms with Crippen molar-refractivity contribution in [2.75, 3.05) is 0 Å². The maximum atomic E-state index is 11.4. The Hall–Kier alpha value is -1.30. The largest absolute Gasteiger partial charge is 0.348 e. The third-order valence-corrected chi connectivity index (χ3v) is 1.50. The fraction of sp³-hybridized carbons (Fsp3) is 0.600. The summed E-state index contributed by atoms with van der Waals surface area (Å²) in [4.78, 5) is 11.4. The second-order valence-electron chi connectivity index (χ2n) is 4.08. The molecule has 0 saturated carbocycles. The zero-order valence-corrected chi connectivity index (χ0v) is 8.64. The van der Waals surface area contributed by atoms with Gasteiger partial charge in [-0.3, -0.25) is 4.79 Å². The third-order valence-electron chi connectivity index (χ3n) is 1.50. The molecule has 1 unspecified atom stereocenters. The van der Waals surface area contributed by atoms with Gasteiger partial charge in [0.25, 0.3) is 0 Å². The normalized spacial score (nSPS) is 12.8. The Labute approximate surface area is 79.4 Å². The van der Waals surface area contributed by atoms with Crippen LogP contribution in [0.2, 0.25) is 0 Å². The summed E-state index contributed by atoms with van der Waals surface area (Å²) in [6.45, 7) is 10.9. The van der Waals surface area contributed by atoms with Crippen LogP contribution in [0, 0.1) is 17.2 Å². The van der Waals surface area contributed by atoms with Gasteiger partial charge in [0.1, 0.15) is 0 Å². The van der Waals surface area contributed by atoms with Crippen LogP contribution >= 0.6 is 0 Å². The Morgan fingerprint density at radius 2 is 2.00 bits per heavy atom. The number of nitriles is 1. The Kier molecular flexibility index (Phi) is 3.68. The number of hydrogen-bond donors (Lipinski definition) is 1. The molecule has 72 valence electrons. The predicted molar refractivity (Wildman–Crippen MR) is 51.8 cm³/mol. The lowest BCUT2D eigenvalue weighted by atomic mass is 10.0. The molecule has 13 heavy (non-hydrogen) atoms. The summed E-state index contributed by atoms with van der Waals surface area (Å²) >= 11 is 0. The molecule has 1 N–H and O–H groups in total. The molecule has 0 aromatic carbocycles. The molecule has 1 amide bonds. The highest BCUT2D eigenvalue weighted by atomic mass is 16.1. The van der Waals surface area contributed by atoms with E-state index in [0.717, 1.165) is 0 Å². The van der Waals surface area contributed by atoms with Crippen LogP contribution in [0.4, 0.5) is 0 Å². The van der Waals surface area contributed by atoms with Gasteiger partial charge in [0.15, 0.2) is 0 Å². The Bertz CT molecular complexity index is 255. The summed E-state index contributed by atoms with van der Waals surface area (Å²) in [7, 11) is 0. The quantitative estimate of drug-likeness (QED) is 0.656. The van der Waals surface area contributed by atoms with E-state index in [9.17, 15) is 4.79 Å². The Morgan fingerprint density at radius 1 is 1.54 bits per heavy atom. The highest BCUT2D eigenvalue weighted by Crippen LogP contribution is 2.09. The third kappa shape index (κ3) is 4.32. The minimum atomic E-state index is -0.428. The molecule has 0 fully saturated rings. The summed E-state index contributed by atoms with van der Waals surface area (Å²) in [5, 5.41) is 11.3. The Balaban J connectivity index is 4.32. The van der Waals surface area contributed by atoms with Crippen molar-refractivity contribution >= 4 is 5.91 Å². The van der Waals surface area contributed by atoms with Gasteiger partial charge >= 0.3 is 0 Å². The van der Waals surface area contributed by atoms with E-state index >= 15 is 0 Å². The minimum absolute atomic E-state index is 0.249. The van der Waals surface area contributed by atoms with E-state index in [1.54, 1.807) is 6.92 Å². The van der Waals surface area contributed by atoms with Gasteiger partial charge in [-0.25, -0.2) is 0 Å². The molecule has 0 aliphatic rings. The van der Waals surface area contributed by atoms with E-state index in [0.29, 0.717) is 5.57 Å². The van der Waals surface area contributed by atoms with Gasteiger partial charge in [0.05, 0.1) is 12.0 Å². The van der Waals surface area contributed by atoms with Crippen LogP contribution in [0.15, 0.2) is 12.2 Å². The molecular formula is C10H16N2O. The molecule has 0 aliphatic carbocycles. The van der Waals surface area contributed by atoms with E-state index < -0.39 is 5.92 Å². The van der Waals surface area contributed by atoms with Crippen LogP contribution in [0.1, 0.15) is 27.7 Å². The lowest BCUT2D eigenvalue weighted by Crippen LogP contribution is -2.41. The van der Waals surface area contributed by atoms with Crippen molar-refractivity contribution < 1.29 is 4.79 Å². The van der Waals surface area contributed by atoms with Crippen molar-refractivity contribution in [3.8, 4) is 6.07 Å². The first-order chi connectivity index (χ1) is 5.78. The highest BCUT2D eigenvalue weighted by molar-refractivity contribution is 5.94. The highest BCUT2D eigenvalue weighted by Gasteiger charge is 2.19. The molecular weight excluding hydrogens is 164 g/mol. The smallest absolute Gasteiger partial charge is 0.248 e. The molecule has 0 radical (unpaired) electrons. The van der Waals surface area contributed by atoms with Crippen molar-refractivity contribution in [1.29, 1.82) is 5.26 Å². The average Bonchev–Trinajstić information content (AvgIpc) is 1.98. The predicted octanol–water partition coefficient (Wildman–Crippen LogP) is 1.62.